The molecule has 0 spiro atoms. The van der Waals surface area contributed by atoms with Crippen molar-refractivity contribution in [3.8, 4) is 0 Å². The fourth-order valence-electron chi connectivity index (χ4n) is 1.78. The molecule has 21 heavy (non-hydrogen) atoms. The summed E-state index contributed by atoms with van der Waals surface area (Å²) in [6.45, 7) is 0.307. The van der Waals surface area contributed by atoms with E-state index in [1.54, 1.807) is 12.1 Å². The number of amides is 1. The molecule has 1 aromatic carbocycles. The number of aromatic carboxylic acids is 1. The Labute approximate surface area is 120 Å². The van der Waals surface area contributed by atoms with Crippen LogP contribution in [0, 0.1) is 5.82 Å². The summed E-state index contributed by atoms with van der Waals surface area (Å²) in [6, 6.07) is 10.3. The molecule has 0 fully saturated rings. The number of carbonyl (C=O) groups excluding carboxylic acids is 1. The first-order valence-electron chi connectivity index (χ1n) is 6.29. The molecule has 2 rings (SSSR count). The predicted molar refractivity (Wildman–Crippen MR) is 73.6 cm³/mol. The Morgan fingerprint density at radius 2 is 1.86 bits per heavy atom. The molecule has 0 aliphatic heterocycles. The number of pyridine rings is 1. The number of nitrogens with zero attached hydrogens (tertiary/aromatic N) is 1. The number of rotatable bonds is 5. The second-order valence-electron chi connectivity index (χ2n) is 4.35. The normalized spacial score (nSPS) is 10.1. The van der Waals surface area contributed by atoms with Crippen LogP contribution in [-0.2, 0) is 6.42 Å². The smallest absolute Gasteiger partial charge is 0.354 e. The Morgan fingerprint density at radius 1 is 1.14 bits per heavy atom. The van der Waals surface area contributed by atoms with Crippen LogP contribution in [0.5, 0.6) is 0 Å². The highest BCUT2D eigenvalue weighted by atomic mass is 19.1. The highest BCUT2D eigenvalue weighted by Gasteiger charge is 2.10. The summed E-state index contributed by atoms with van der Waals surface area (Å²) in [7, 11) is 0. The molecule has 0 unspecified atom stereocenters. The van der Waals surface area contributed by atoms with Crippen LogP contribution in [0.4, 0.5) is 4.39 Å². The molecule has 2 aromatic rings. The lowest BCUT2D eigenvalue weighted by Crippen LogP contribution is -2.27. The summed E-state index contributed by atoms with van der Waals surface area (Å²) in [5.74, 6) is -1.98. The van der Waals surface area contributed by atoms with Gasteiger partial charge in [0.2, 0.25) is 0 Å². The van der Waals surface area contributed by atoms with Crippen molar-refractivity contribution in [1.29, 1.82) is 0 Å². The van der Waals surface area contributed by atoms with Crippen LogP contribution >= 0.6 is 0 Å². The van der Waals surface area contributed by atoms with E-state index in [9.17, 15) is 14.0 Å². The minimum Gasteiger partial charge on any atom is -0.477 e. The van der Waals surface area contributed by atoms with Gasteiger partial charge in [0.1, 0.15) is 17.2 Å². The van der Waals surface area contributed by atoms with Crippen molar-refractivity contribution >= 4 is 11.9 Å². The second-order valence-corrected chi connectivity index (χ2v) is 4.35. The maximum absolute atomic E-state index is 13.0. The molecule has 1 aromatic heterocycles. The van der Waals surface area contributed by atoms with E-state index in [1.807, 2.05) is 0 Å². The van der Waals surface area contributed by atoms with Gasteiger partial charge >= 0.3 is 5.97 Å². The van der Waals surface area contributed by atoms with Gasteiger partial charge in [0.15, 0.2) is 0 Å². The molecule has 1 amide bonds. The third kappa shape index (κ3) is 4.10. The summed E-state index contributed by atoms with van der Waals surface area (Å²) in [4.78, 5) is 26.4. The van der Waals surface area contributed by atoms with Crippen LogP contribution in [0.2, 0.25) is 0 Å². The van der Waals surface area contributed by atoms with Crippen LogP contribution in [-0.4, -0.2) is 28.5 Å². The zero-order valence-corrected chi connectivity index (χ0v) is 11.0. The Morgan fingerprint density at radius 3 is 2.57 bits per heavy atom. The average molecular weight is 288 g/mol. The van der Waals surface area contributed by atoms with Gasteiger partial charge in [-0.05, 0) is 36.2 Å². The monoisotopic (exact) mass is 288 g/mol. The van der Waals surface area contributed by atoms with E-state index in [0.717, 1.165) is 5.56 Å². The van der Waals surface area contributed by atoms with Gasteiger partial charge in [-0.1, -0.05) is 18.2 Å². The van der Waals surface area contributed by atoms with Gasteiger partial charge in [0, 0.05) is 6.54 Å². The number of benzene rings is 1. The maximum atomic E-state index is 13.0. The van der Waals surface area contributed by atoms with Gasteiger partial charge in [-0.25, -0.2) is 14.2 Å². The summed E-state index contributed by atoms with van der Waals surface area (Å²) in [6.07, 6.45) is 0.474. The quantitative estimate of drug-likeness (QED) is 0.880. The Hall–Kier alpha value is -2.76. The lowest BCUT2D eigenvalue weighted by Gasteiger charge is -2.05. The summed E-state index contributed by atoms with van der Waals surface area (Å²) in [5, 5.41) is 11.4. The number of hydrogen-bond donors (Lipinski definition) is 2. The molecule has 0 bridgehead atoms. The van der Waals surface area contributed by atoms with E-state index in [0.29, 0.717) is 13.0 Å². The van der Waals surface area contributed by atoms with Crippen molar-refractivity contribution in [2.75, 3.05) is 6.54 Å². The molecule has 1 heterocycles. The SMILES string of the molecule is O=C(O)c1cccc(C(=O)NCCc2cccc(F)c2)n1. The third-order valence-electron chi connectivity index (χ3n) is 2.79. The topological polar surface area (TPSA) is 79.3 Å². The highest BCUT2D eigenvalue weighted by Crippen LogP contribution is 2.04. The summed E-state index contributed by atoms with van der Waals surface area (Å²) >= 11 is 0. The number of carboxylic acid groups (broad SMARTS) is 1. The number of halogens is 1. The van der Waals surface area contributed by atoms with E-state index >= 15 is 0 Å². The number of hydrogen-bond acceptors (Lipinski definition) is 3. The van der Waals surface area contributed by atoms with Crippen LogP contribution in [0.25, 0.3) is 0 Å². The molecular formula is C15H13FN2O3. The summed E-state index contributed by atoms with van der Waals surface area (Å²) in [5.41, 5.74) is 0.615. The predicted octanol–water partition coefficient (Wildman–Crippen LogP) is 1.89. The molecule has 108 valence electrons. The Kier molecular flexibility index (Phi) is 4.61. The van der Waals surface area contributed by atoms with Crippen LogP contribution in [0.1, 0.15) is 26.5 Å². The molecule has 0 aliphatic carbocycles. The standard InChI is InChI=1S/C15H13FN2O3/c16-11-4-1-3-10(9-11)7-8-17-14(19)12-5-2-6-13(18-12)15(20)21/h1-6,9H,7-8H2,(H,17,19)(H,20,21). The van der Waals surface area contributed by atoms with Crippen LogP contribution in [0.3, 0.4) is 0 Å². The Balaban J connectivity index is 1.93. The van der Waals surface area contributed by atoms with Crippen molar-refractivity contribution in [3.63, 3.8) is 0 Å². The molecule has 0 saturated carbocycles. The molecule has 5 nitrogen and oxygen atoms in total. The van der Waals surface area contributed by atoms with E-state index in [2.05, 4.69) is 10.3 Å². The minimum absolute atomic E-state index is 0.0362. The number of carboxylic acids is 1. The highest BCUT2D eigenvalue weighted by molar-refractivity contribution is 5.94. The van der Waals surface area contributed by atoms with E-state index in [-0.39, 0.29) is 17.2 Å². The van der Waals surface area contributed by atoms with Crippen molar-refractivity contribution in [2.45, 2.75) is 6.42 Å². The largest absolute Gasteiger partial charge is 0.477 e. The van der Waals surface area contributed by atoms with Crippen molar-refractivity contribution in [2.24, 2.45) is 0 Å². The lowest BCUT2D eigenvalue weighted by atomic mass is 10.1. The zero-order chi connectivity index (χ0) is 15.2. The fraction of sp³-hybridized carbons (Fsp3) is 0.133. The average Bonchev–Trinajstić information content (AvgIpc) is 2.47. The van der Waals surface area contributed by atoms with E-state index in [1.165, 1.54) is 30.3 Å². The number of nitrogens with one attached hydrogen (secondary N) is 1. The second kappa shape index (κ2) is 6.60. The van der Waals surface area contributed by atoms with Gasteiger partial charge in [0.25, 0.3) is 5.91 Å². The minimum atomic E-state index is -1.19. The van der Waals surface area contributed by atoms with Crippen LogP contribution < -0.4 is 5.32 Å². The fourth-order valence-corrected chi connectivity index (χ4v) is 1.78. The van der Waals surface area contributed by atoms with Crippen molar-refractivity contribution < 1.29 is 19.1 Å². The van der Waals surface area contributed by atoms with Crippen molar-refractivity contribution in [1.82, 2.24) is 10.3 Å². The molecule has 0 radical (unpaired) electrons. The van der Waals surface area contributed by atoms with E-state index < -0.39 is 11.9 Å². The molecule has 2 N–H and O–H groups in total. The molecule has 0 atom stereocenters. The van der Waals surface area contributed by atoms with Crippen LogP contribution in [0.15, 0.2) is 42.5 Å². The third-order valence-corrected chi connectivity index (χ3v) is 2.79. The zero-order valence-electron chi connectivity index (χ0n) is 11.0. The first kappa shape index (κ1) is 14.6. The summed E-state index contributed by atoms with van der Waals surface area (Å²) < 4.78 is 13.0. The van der Waals surface area contributed by atoms with Gasteiger partial charge in [-0.3, -0.25) is 4.79 Å². The number of aromatic nitrogens is 1. The first-order chi connectivity index (χ1) is 10.1. The molecule has 0 saturated heterocycles. The number of carbonyl (C=O) groups is 2. The van der Waals surface area contributed by atoms with Gasteiger partial charge in [-0.2, -0.15) is 0 Å². The maximum Gasteiger partial charge on any atom is 0.354 e. The van der Waals surface area contributed by atoms with E-state index in [4.69, 9.17) is 5.11 Å². The van der Waals surface area contributed by atoms with Gasteiger partial charge in [-0.15, -0.1) is 0 Å². The molecule has 6 heteroatoms. The first-order valence-corrected chi connectivity index (χ1v) is 6.29. The lowest BCUT2D eigenvalue weighted by molar-refractivity contribution is 0.0690. The van der Waals surface area contributed by atoms with Crippen molar-refractivity contribution in [3.05, 3.63) is 65.2 Å². The molecular weight excluding hydrogens is 275 g/mol. The van der Waals surface area contributed by atoms with Gasteiger partial charge in [0.05, 0.1) is 0 Å². The molecule has 0 aliphatic rings. The Bertz CT molecular complexity index is 673. The van der Waals surface area contributed by atoms with Gasteiger partial charge < -0.3 is 10.4 Å².